The van der Waals surface area contributed by atoms with Crippen molar-refractivity contribution in [1.29, 1.82) is 0 Å². The average molecular weight is 199 g/mol. The molecule has 0 bridgehead atoms. The third-order valence-electron chi connectivity index (χ3n) is 2.84. The van der Waals surface area contributed by atoms with E-state index in [-0.39, 0.29) is 12.1 Å². The number of carbonyl (C=O) groups is 1. The Morgan fingerprint density at radius 2 is 1.93 bits per heavy atom. The smallest absolute Gasteiger partial charge is 0.138 e. The molecule has 1 saturated heterocycles. The molecule has 0 spiro atoms. The standard InChI is InChI=1S/C10H21N3O/c1-3-13(4-2)7-9-10(8-14)12-6-5-11-9/h8-12H,3-7H2,1-2H3. The van der Waals surface area contributed by atoms with Gasteiger partial charge < -0.3 is 20.3 Å². The molecule has 1 aliphatic heterocycles. The lowest BCUT2D eigenvalue weighted by Crippen LogP contribution is -2.60. The van der Waals surface area contributed by atoms with E-state index < -0.39 is 0 Å². The molecule has 82 valence electrons. The summed E-state index contributed by atoms with van der Waals surface area (Å²) in [6, 6.07) is 0.241. The van der Waals surface area contributed by atoms with Gasteiger partial charge in [0.1, 0.15) is 6.29 Å². The summed E-state index contributed by atoms with van der Waals surface area (Å²) in [6.07, 6.45) is 1.01. The van der Waals surface area contributed by atoms with Crippen LogP contribution >= 0.6 is 0 Å². The third kappa shape index (κ3) is 3.04. The molecule has 4 nitrogen and oxygen atoms in total. The molecular formula is C10H21N3O. The summed E-state index contributed by atoms with van der Waals surface area (Å²) in [7, 11) is 0. The van der Waals surface area contributed by atoms with E-state index in [9.17, 15) is 4.79 Å². The summed E-state index contributed by atoms with van der Waals surface area (Å²) in [6.45, 7) is 9.17. The van der Waals surface area contributed by atoms with Crippen molar-refractivity contribution in [2.45, 2.75) is 25.9 Å². The summed E-state index contributed by atoms with van der Waals surface area (Å²) in [5, 5.41) is 6.60. The lowest BCUT2D eigenvalue weighted by atomic mass is 10.1. The average Bonchev–Trinajstić information content (AvgIpc) is 2.26. The molecule has 2 N–H and O–H groups in total. The Hall–Kier alpha value is -0.450. The molecule has 14 heavy (non-hydrogen) atoms. The van der Waals surface area contributed by atoms with Crippen LogP contribution in [0.5, 0.6) is 0 Å². The van der Waals surface area contributed by atoms with Crippen LogP contribution < -0.4 is 10.6 Å². The van der Waals surface area contributed by atoms with Crippen LogP contribution in [0, 0.1) is 0 Å². The minimum absolute atomic E-state index is 0.0238. The number of carbonyl (C=O) groups excluding carboxylic acids is 1. The maximum atomic E-state index is 10.8. The number of nitrogens with one attached hydrogen (secondary N) is 2. The number of hydrogen-bond donors (Lipinski definition) is 2. The quantitative estimate of drug-likeness (QED) is 0.584. The second-order valence-corrected chi connectivity index (χ2v) is 3.66. The number of piperazine rings is 1. The Bertz CT molecular complexity index is 171. The predicted octanol–water partition coefficient (Wildman–Crippen LogP) is -0.543. The van der Waals surface area contributed by atoms with Crippen molar-refractivity contribution in [2.24, 2.45) is 0 Å². The molecule has 0 aromatic heterocycles. The van der Waals surface area contributed by atoms with E-state index in [0.29, 0.717) is 0 Å². The van der Waals surface area contributed by atoms with E-state index >= 15 is 0 Å². The molecule has 0 saturated carbocycles. The van der Waals surface area contributed by atoms with Gasteiger partial charge >= 0.3 is 0 Å². The van der Waals surface area contributed by atoms with Gasteiger partial charge in [-0.2, -0.15) is 0 Å². The normalized spacial score (nSPS) is 27.9. The Kier molecular flexibility index (Phi) is 5.07. The van der Waals surface area contributed by atoms with E-state index in [1.807, 2.05) is 0 Å². The van der Waals surface area contributed by atoms with Crippen molar-refractivity contribution >= 4 is 6.29 Å². The topological polar surface area (TPSA) is 44.4 Å². The molecular weight excluding hydrogens is 178 g/mol. The van der Waals surface area contributed by atoms with Crippen LogP contribution in [0.3, 0.4) is 0 Å². The largest absolute Gasteiger partial charge is 0.310 e. The maximum Gasteiger partial charge on any atom is 0.138 e. The Morgan fingerprint density at radius 1 is 1.29 bits per heavy atom. The van der Waals surface area contributed by atoms with Crippen LogP contribution in [-0.4, -0.2) is 56.0 Å². The van der Waals surface area contributed by atoms with E-state index in [1.165, 1.54) is 0 Å². The minimum Gasteiger partial charge on any atom is -0.310 e. The molecule has 4 heteroatoms. The first-order valence-electron chi connectivity index (χ1n) is 5.46. The molecule has 1 rings (SSSR count). The van der Waals surface area contributed by atoms with Crippen molar-refractivity contribution in [3.63, 3.8) is 0 Å². The van der Waals surface area contributed by atoms with Crippen molar-refractivity contribution < 1.29 is 4.79 Å². The summed E-state index contributed by atoms with van der Waals surface area (Å²) in [5.41, 5.74) is 0. The Morgan fingerprint density at radius 3 is 2.50 bits per heavy atom. The second kappa shape index (κ2) is 6.11. The van der Waals surface area contributed by atoms with E-state index in [2.05, 4.69) is 29.4 Å². The lowest BCUT2D eigenvalue weighted by molar-refractivity contribution is -0.110. The van der Waals surface area contributed by atoms with Crippen LogP contribution in [0.1, 0.15) is 13.8 Å². The van der Waals surface area contributed by atoms with Crippen molar-refractivity contribution in [1.82, 2.24) is 15.5 Å². The first kappa shape index (κ1) is 11.6. The zero-order valence-corrected chi connectivity index (χ0v) is 9.12. The summed E-state index contributed by atoms with van der Waals surface area (Å²) in [4.78, 5) is 13.1. The van der Waals surface area contributed by atoms with Gasteiger partial charge in [0.2, 0.25) is 0 Å². The van der Waals surface area contributed by atoms with Gasteiger partial charge in [-0.25, -0.2) is 0 Å². The second-order valence-electron chi connectivity index (χ2n) is 3.66. The minimum atomic E-state index is -0.0238. The fraction of sp³-hybridized carbons (Fsp3) is 0.900. The van der Waals surface area contributed by atoms with Crippen LogP contribution in [0.4, 0.5) is 0 Å². The molecule has 0 radical (unpaired) electrons. The predicted molar refractivity (Wildman–Crippen MR) is 57.4 cm³/mol. The van der Waals surface area contributed by atoms with Crippen LogP contribution in [0.25, 0.3) is 0 Å². The SMILES string of the molecule is CCN(CC)CC1NCCNC1C=O. The van der Waals surface area contributed by atoms with Gasteiger partial charge in [0, 0.05) is 25.7 Å². The summed E-state index contributed by atoms with van der Waals surface area (Å²) in [5.74, 6) is 0. The molecule has 0 aliphatic carbocycles. The van der Waals surface area contributed by atoms with Gasteiger partial charge in [-0.15, -0.1) is 0 Å². The van der Waals surface area contributed by atoms with Crippen LogP contribution in [0.2, 0.25) is 0 Å². The third-order valence-corrected chi connectivity index (χ3v) is 2.84. The number of hydrogen-bond acceptors (Lipinski definition) is 4. The van der Waals surface area contributed by atoms with Gasteiger partial charge in [-0.05, 0) is 13.1 Å². The molecule has 0 amide bonds. The monoisotopic (exact) mass is 199 g/mol. The van der Waals surface area contributed by atoms with Gasteiger partial charge in [-0.3, -0.25) is 0 Å². The molecule has 2 unspecified atom stereocenters. The zero-order chi connectivity index (χ0) is 10.4. The van der Waals surface area contributed by atoms with Crippen LogP contribution in [0.15, 0.2) is 0 Å². The highest BCUT2D eigenvalue weighted by atomic mass is 16.1. The molecule has 0 aromatic rings. The first-order chi connectivity index (χ1) is 6.81. The zero-order valence-electron chi connectivity index (χ0n) is 9.12. The van der Waals surface area contributed by atoms with Gasteiger partial charge in [0.15, 0.2) is 0 Å². The molecule has 1 fully saturated rings. The molecule has 1 aliphatic rings. The number of rotatable bonds is 5. The maximum absolute atomic E-state index is 10.8. The van der Waals surface area contributed by atoms with Gasteiger partial charge in [-0.1, -0.05) is 13.8 Å². The molecule has 0 aromatic carbocycles. The Labute approximate surface area is 86.0 Å². The lowest BCUT2D eigenvalue weighted by Gasteiger charge is -2.33. The fourth-order valence-electron chi connectivity index (χ4n) is 1.85. The van der Waals surface area contributed by atoms with E-state index in [4.69, 9.17) is 0 Å². The fourth-order valence-corrected chi connectivity index (χ4v) is 1.85. The van der Waals surface area contributed by atoms with E-state index in [0.717, 1.165) is 39.0 Å². The molecule has 2 atom stereocenters. The van der Waals surface area contributed by atoms with Gasteiger partial charge in [0.05, 0.1) is 6.04 Å². The number of aldehydes is 1. The van der Waals surface area contributed by atoms with E-state index in [1.54, 1.807) is 0 Å². The Balaban J connectivity index is 2.42. The highest BCUT2D eigenvalue weighted by Crippen LogP contribution is 1.99. The van der Waals surface area contributed by atoms with Crippen molar-refractivity contribution in [2.75, 3.05) is 32.7 Å². The summed E-state index contributed by atoms with van der Waals surface area (Å²) < 4.78 is 0. The highest BCUT2D eigenvalue weighted by Gasteiger charge is 2.24. The van der Waals surface area contributed by atoms with Gasteiger partial charge in [0.25, 0.3) is 0 Å². The molecule has 1 heterocycles. The summed E-state index contributed by atoms with van der Waals surface area (Å²) >= 11 is 0. The van der Waals surface area contributed by atoms with Crippen molar-refractivity contribution in [3.05, 3.63) is 0 Å². The van der Waals surface area contributed by atoms with Crippen LogP contribution in [-0.2, 0) is 4.79 Å². The first-order valence-corrected chi connectivity index (χ1v) is 5.46. The highest BCUT2D eigenvalue weighted by molar-refractivity contribution is 5.59. The number of likely N-dealkylation sites (N-methyl/N-ethyl adjacent to an activating group) is 1. The van der Waals surface area contributed by atoms with Crippen molar-refractivity contribution in [3.8, 4) is 0 Å². The number of nitrogens with zero attached hydrogens (tertiary/aromatic N) is 1.